The first-order valence-corrected chi connectivity index (χ1v) is 13.7. The topological polar surface area (TPSA) is 12.9 Å². The monoisotopic (exact) mass is 373 g/mol. The van der Waals surface area contributed by atoms with E-state index in [9.17, 15) is 0 Å². The minimum Gasteiger partial charge on any atom is -0.256 e. The summed E-state index contributed by atoms with van der Waals surface area (Å²) in [7, 11) is -1.43. The Labute approximate surface area is 159 Å². The highest BCUT2D eigenvalue weighted by Crippen LogP contribution is 2.42. The Hall–Kier alpha value is -1.97. The van der Waals surface area contributed by atoms with Crippen LogP contribution in [0.15, 0.2) is 54.7 Å². The SMILES string of the molecule is C[Si](C)(C)c1ccc(-c2ccc(C3CC3)cn2)c2sc3ccccc3c12. The third kappa shape index (κ3) is 2.61. The molecule has 0 N–H and O–H groups in total. The minimum absolute atomic E-state index is 0.759. The lowest BCUT2D eigenvalue weighted by Crippen LogP contribution is -2.37. The van der Waals surface area contributed by atoms with Gasteiger partial charge in [-0.05, 0) is 36.5 Å². The number of hydrogen-bond acceptors (Lipinski definition) is 2. The van der Waals surface area contributed by atoms with Crippen molar-refractivity contribution in [2.24, 2.45) is 0 Å². The molecule has 0 unspecified atom stereocenters. The number of aromatic nitrogens is 1. The Morgan fingerprint density at radius 1 is 0.962 bits per heavy atom. The summed E-state index contributed by atoms with van der Waals surface area (Å²) >= 11 is 1.92. The average Bonchev–Trinajstić information content (AvgIpc) is 3.40. The van der Waals surface area contributed by atoms with Gasteiger partial charge in [0.25, 0.3) is 0 Å². The summed E-state index contributed by atoms with van der Waals surface area (Å²) in [5, 5.41) is 4.43. The van der Waals surface area contributed by atoms with Crippen molar-refractivity contribution in [1.82, 2.24) is 4.98 Å². The van der Waals surface area contributed by atoms with Crippen molar-refractivity contribution in [3.8, 4) is 11.3 Å². The predicted molar refractivity (Wildman–Crippen MR) is 118 cm³/mol. The average molecular weight is 374 g/mol. The van der Waals surface area contributed by atoms with Crippen LogP contribution in [0.5, 0.6) is 0 Å². The Morgan fingerprint density at radius 2 is 1.77 bits per heavy atom. The first-order valence-electron chi connectivity index (χ1n) is 9.43. The van der Waals surface area contributed by atoms with Crippen molar-refractivity contribution in [2.45, 2.75) is 38.4 Å². The fourth-order valence-corrected chi connectivity index (χ4v) is 6.81. The smallest absolute Gasteiger partial charge is 0.0784 e. The van der Waals surface area contributed by atoms with E-state index in [4.69, 9.17) is 4.98 Å². The maximum absolute atomic E-state index is 4.84. The molecule has 2 heterocycles. The van der Waals surface area contributed by atoms with Gasteiger partial charge in [0.1, 0.15) is 0 Å². The van der Waals surface area contributed by atoms with Gasteiger partial charge in [-0.15, -0.1) is 11.3 Å². The van der Waals surface area contributed by atoms with E-state index in [0.717, 1.165) is 11.6 Å². The standard InChI is InChI=1S/C23H23NSSi/c1-26(2,3)21-13-11-17(19-12-10-16(14-24-19)15-8-9-15)23-22(21)18-6-4-5-7-20(18)25-23/h4-7,10-15H,8-9H2,1-3H3. The third-order valence-corrected chi connectivity index (χ3v) is 8.68. The summed E-state index contributed by atoms with van der Waals surface area (Å²) in [4.78, 5) is 4.84. The van der Waals surface area contributed by atoms with Crippen LogP contribution >= 0.6 is 11.3 Å². The van der Waals surface area contributed by atoms with Gasteiger partial charge in [-0.2, -0.15) is 0 Å². The van der Waals surface area contributed by atoms with E-state index in [2.05, 4.69) is 74.4 Å². The first-order chi connectivity index (χ1) is 12.5. The van der Waals surface area contributed by atoms with Gasteiger partial charge in [0, 0.05) is 31.9 Å². The largest absolute Gasteiger partial charge is 0.256 e. The molecule has 0 saturated heterocycles. The zero-order valence-electron chi connectivity index (χ0n) is 15.5. The first kappa shape index (κ1) is 16.2. The lowest BCUT2D eigenvalue weighted by atomic mass is 10.1. The van der Waals surface area contributed by atoms with Crippen LogP contribution in [0.4, 0.5) is 0 Å². The number of nitrogens with zero attached hydrogens (tertiary/aromatic N) is 1. The number of hydrogen-bond donors (Lipinski definition) is 0. The summed E-state index contributed by atoms with van der Waals surface area (Å²) in [5.41, 5.74) is 3.79. The summed E-state index contributed by atoms with van der Waals surface area (Å²) < 4.78 is 2.78. The van der Waals surface area contributed by atoms with Gasteiger partial charge < -0.3 is 0 Å². The molecule has 0 radical (unpaired) electrons. The maximum atomic E-state index is 4.84. The number of rotatable bonds is 3. The molecular formula is C23H23NSSi. The highest BCUT2D eigenvalue weighted by atomic mass is 32.1. The second kappa shape index (κ2) is 5.76. The van der Waals surface area contributed by atoms with Crippen LogP contribution in [0.3, 0.4) is 0 Å². The van der Waals surface area contributed by atoms with E-state index in [1.54, 1.807) is 5.19 Å². The number of benzene rings is 2. The summed E-state index contributed by atoms with van der Waals surface area (Å²) in [6.07, 6.45) is 4.75. The van der Waals surface area contributed by atoms with Crippen LogP contribution in [0.25, 0.3) is 31.4 Å². The Kier molecular flexibility index (Phi) is 3.60. The quantitative estimate of drug-likeness (QED) is 0.372. The summed E-state index contributed by atoms with van der Waals surface area (Å²) in [5.74, 6) is 0.759. The predicted octanol–water partition coefficient (Wildman–Crippen LogP) is 6.54. The number of thiophene rings is 1. The Balaban J connectivity index is 1.78. The number of fused-ring (bicyclic) bond motifs is 3. The van der Waals surface area contributed by atoms with Crippen molar-refractivity contribution >= 4 is 44.8 Å². The lowest BCUT2D eigenvalue weighted by molar-refractivity contribution is 1.10. The van der Waals surface area contributed by atoms with Gasteiger partial charge >= 0.3 is 0 Å². The van der Waals surface area contributed by atoms with Crippen LogP contribution < -0.4 is 5.19 Å². The molecule has 1 aliphatic rings. The Bertz CT molecular complexity index is 1110. The van der Waals surface area contributed by atoms with E-state index in [1.165, 1.54) is 44.1 Å². The highest BCUT2D eigenvalue weighted by Gasteiger charge is 2.25. The molecule has 26 heavy (non-hydrogen) atoms. The van der Waals surface area contributed by atoms with E-state index >= 15 is 0 Å². The van der Waals surface area contributed by atoms with Gasteiger partial charge in [-0.3, -0.25) is 4.98 Å². The van der Waals surface area contributed by atoms with Crippen molar-refractivity contribution in [3.63, 3.8) is 0 Å². The van der Waals surface area contributed by atoms with Gasteiger partial charge in [0.05, 0.1) is 13.8 Å². The van der Waals surface area contributed by atoms with Crippen LogP contribution in [-0.4, -0.2) is 13.1 Å². The van der Waals surface area contributed by atoms with E-state index in [-0.39, 0.29) is 0 Å². The second-order valence-corrected chi connectivity index (χ2v) is 14.6. The minimum atomic E-state index is -1.43. The molecule has 2 aromatic carbocycles. The number of pyridine rings is 1. The second-order valence-electron chi connectivity index (χ2n) is 8.46. The van der Waals surface area contributed by atoms with Crippen LogP contribution in [0, 0.1) is 0 Å². The Morgan fingerprint density at radius 3 is 2.46 bits per heavy atom. The van der Waals surface area contributed by atoms with Gasteiger partial charge in [0.15, 0.2) is 0 Å². The molecule has 0 spiro atoms. The highest BCUT2D eigenvalue weighted by molar-refractivity contribution is 7.26. The molecule has 0 atom stereocenters. The van der Waals surface area contributed by atoms with Crippen molar-refractivity contribution in [3.05, 3.63) is 60.3 Å². The van der Waals surface area contributed by atoms with E-state index in [0.29, 0.717) is 0 Å². The van der Waals surface area contributed by atoms with Crippen LogP contribution in [-0.2, 0) is 0 Å². The zero-order chi connectivity index (χ0) is 17.9. The van der Waals surface area contributed by atoms with Crippen molar-refractivity contribution in [2.75, 3.05) is 0 Å². The van der Waals surface area contributed by atoms with E-state index in [1.807, 2.05) is 11.3 Å². The molecule has 0 amide bonds. The molecule has 5 rings (SSSR count). The molecule has 0 bridgehead atoms. The lowest BCUT2D eigenvalue weighted by Gasteiger charge is -2.19. The molecular weight excluding hydrogens is 350 g/mol. The summed E-state index contributed by atoms with van der Waals surface area (Å²) in [6.45, 7) is 7.32. The fraction of sp³-hybridized carbons (Fsp3) is 0.261. The van der Waals surface area contributed by atoms with Crippen molar-refractivity contribution in [1.29, 1.82) is 0 Å². The normalized spacial score (nSPS) is 15.0. The molecule has 0 aliphatic heterocycles. The maximum Gasteiger partial charge on any atom is 0.0784 e. The molecule has 3 heteroatoms. The van der Waals surface area contributed by atoms with Crippen LogP contribution in [0.2, 0.25) is 19.6 Å². The van der Waals surface area contributed by atoms with Crippen molar-refractivity contribution < 1.29 is 0 Å². The molecule has 130 valence electrons. The van der Waals surface area contributed by atoms with E-state index < -0.39 is 8.07 Å². The molecule has 2 aromatic heterocycles. The molecule has 1 fully saturated rings. The molecule has 4 aromatic rings. The van der Waals surface area contributed by atoms with Crippen LogP contribution in [0.1, 0.15) is 24.3 Å². The molecule has 1 nitrogen and oxygen atoms in total. The summed E-state index contributed by atoms with van der Waals surface area (Å²) in [6, 6.07) is 18.0. The van der Waals surface area contributed by atoms with Gasteiger partial charge in [0.2, 0.25) is 0 Å². The molecule has 1 saturated carbocycles. The fourth-order valence-electron chi connectivity index (χ4n) is 3.88. The van der Waals surface area contributed by atoms with Gasteiger partial charge in [-0.25, -0.2) is 0 Å². The molecule has 1 aliphatic carbocycles. The zero-order valence-corrected chi connectivity index (χ0v) is 17.4. The third-order valence-electron chi connectivity index (χ3n) is 5.45. The van der Waals surface area contributed by atoms with Gasteiger partial charge in [-0.1, -0.05) is 61.2 Å².